The molecule has 2 saturated carbocycles. The molecule has 2 amide bonds. The summed E-state index contributed by atoms with van der Waals surface area (Å²) in [6, 6.07) is 13.1. The standard InChI is InChI=1S/C24H20BrNO5/c25-17-8-6-13(7-9-17)19(27)12-31-24(30)16-2-1-3-18(11-16)26-22(28)20-14-4-5-15(10-14)21(20)23(26)29/h1-3,6-9,11,14-15,20-21H,4-5,10,12H2. The molecule has 0 radical (unpaired) electrons. The molecule has 0 aromatic heterocycles. The van der Waals surface area contributed by atoms with E-state index in [0.29, 0.717) is 23.1 Å². The Balaban J connectivity index is 1.29. The minimum absolute atomic E-state index is 0.155. The van der Waals surface area contributed by atoms with Crippen LogP contribution >= 0.6 is 15.9 Å². The maximum Gasteiger partial charge on any atom is 0.338 e. The van der Waals surface area contributed by atoms with Crippen LogP contribution < -0.4 is 4.90 Å². The van der Waals surface area contributed by atoms with Gasteiger partial charge in [0.15, 0.2) is 12.4 Å². The molecule has 4 unspecified atom stereocenters. The molecule has 158 valence electrons. The van der Waals surface area contributed by atoms with E-state index in [9.17, 15) is 19.2 Å². The van der Waals surface area contributed by atoms with E-state index in [-0.39, 0.29) is 41.6 Å². The fraction of sp³-hybridized carbons (Fsp3) is 0.333. The first kappa shape index (κ1) is 20.1. The van der Waals surface area contributed by atoms with E-state index >= 15 is 0 Å². The van der Waals surface area contributed by atoms with Gasteiger partial charge in [-0.2, -0.15) is 0 Å². The van der Waals surface area contributed by atoms with Crippen LogP contribution in [0.4, 0.5) is 5.69 Å². The van der Waals surface area contributed by atoms with Gasteiger partial charge in [0.1, 0.15) is 0 Å². The summed E-state index contributed by atoms with van der Waals surface area (Å²) in [5.74, 6) is -1.13. The van der Waals surface area contributed by atoms with E-state index < -0.39 is 5.97 Å². The van der Waals surface area contributed by atoms with Gasteiger partial charge in [0.25, 0.3) is 0 Å². The summed E-state index contributed by atoms with van der Waals surface area (Å²) in [6.07, 6.45) is 2.99. The van der Waals surface area contributed by atoms with Gasteiger partial charge in [-0.05, 0) is 61.4 Å². The molecule has 0 spiro atoms. The highest BCUT2D eigenvalue weighted by atomic mass is 79.9. The van der Waals surface area contributed by atoms with Gasteiger partial charge in [-0.15, -0.1) is 0 Å². The Labute approximate surface area is 187 Å². The number of Topliss-reactive ketones (excluding diaryl/α,β-unsaturated/α-hetero) is 1. The number of carbonyl (C=O) groups excluding carboxylic acids is 4. The fourth-order valence-electron chi connectivity index (χ4n) is 5.37. The normalized spacial score (nSPS) is 26.3. The van der Waals surface area contributed by atoms with Crippen LogP contribution in [0.3, 0.4) is 0 Å². The molecule has 2 aliphatic carbocycles. The monoisotopic (exact) mass is 481 g/mol. The van der Waals surface area contributed by atoms with E-state index in [1.54, 1.807) is 42.5 Å². The quantitative estimate of drug-likeness (QED) is 0.365. The molecular weight excluding hydrogens is 462 g/mol. The van der Waals surface area contributed by atoms with Gasteiger partial charge in [0, 0.05) is 10.0 Å². The summed E-state index contributed by atoms with van der Waals surface area (Å²) in [4.78, 5) is 52.0. The van der Waals surface area contributed by atoms with Crippen molar-refractivity contribution in [3.8, 4) is 0 Å². The fourth-order valence-corrected chi connectivity index (χ4v) is 5.63. The third kappa shape index (κ3) is 3.41. The van der Waals surface area contributed by atoms with Gasteiger partial charge in [-0.3, -0.25) is 19.3 Å². The Morgan fingerprint density at radius 2 is 1.58 bits per heavy atom. The minimum atomic E-state index is -0.674. The average Bonchev–Trinajstić information content (AvgIpc) is 3.46. The number of rotatable bonds is 5. The molecule has 1 saturated heterocycles. The molecule has 3 aliphatic rings. The van der Waals surface area contributed by atoms with Crippen molar-refractivity contribution >= 4 is 45.2 Å². The SMILES string of the molecule is O=C(COC(=O)c1cccc(N2C(=O)C3C4CCC(C4)C3C2=O)c1)c1ccc(Br)cc1. The maximum atomic E-state index is 13.0. The number of anilines is 1. The Hall–Kier alpha value is -2.80. The van der Waals surface area contributed by atoms with Crippen molar-refractivity contribution in [3.05, 3.63) is 64.1 Å². The molecule has 1 heterocycles. The lowest BCUT2D eigenvalue weighted by Gasteiger charge is -2.19. The number of hydrogen-bond donors (Lipinski definition) is 0. The third-order valence-corrected chi connectivity index (χ3v) is 7.30. The smallest absolute Gasteiger partial charge is 0.338 e. The van der Waals surface area contributed by atoms with E-state index in [1.165, 1.54) is 11.0 Å². The number of benzene rings is 2. The number of imide groups is 1. The van der Waals surface area contributed by atoms with Crippen LogP contribution in [0.1, 0.15) is 40.0 Å². The number of hydrogen-bond acceptors (Lipinski definition) is 5. The number of halogens is 1. The molecule has 2 bridgehead atoms. The molecular formula is C24H20BrNO5. The Bertz CT molecular complexity index is 1070. The molecule has 4 atom stereocenters. The number of ether oxygens (including phenoxy) is 1. The number of nitrogens with zero attached hydrogens (tertiary/aromatic N) is 1. The Morgan fingerprint density at radius 3 is 2.23 bits per heavy atom. The lowest BCUT2D eigenvalue weighted by molar-refractivity contribution is -0.123. The minimum Gasteiger partial charge on any atom is -0.454 e. The van der Waals surface area contributed by atoms with Crippen molar-refractivity contribution in [2.45, 2.75) is 19.3 Å². The van der Waals surface area contributed by atoms with Crippen LogP contribution in [0, 0.1) is 23.7 Å². The van der Waals surface area contributed by atoms with Gasteiger partial charge < -0.3 is 4.74 Å². The molecule has 6 nitrogen and oxygen atoms in total. The van der Waals surface area contributed by atoms with E-state index in [2.05, 4.69) is 15.9 Å². The molecule has 31 heavy (non-hydrogen) atoms. The van der Waals surface area contributed by atoms with Crippen LogP contribution in [-0.4, -0.2) is 30.2 Å². The first-order valence-electron chi connectivity index (χ1n) is 10.4. The predicted molar refractivity (Wildman–Crippen MR) is 116 cm³/mol. The van der Waals surface area contributed by atoms with Gasteiger partial charge in [0.05, 0.1) is 23.1 Å². The van der Waals surface area contributed by atoms with Crippen LogP contribution in [0.25, 0.3) is 0 Å². The van der Waals surface area contributed by atoms with Gasteiger partial charge in [-0.1, -0.05) is 34.1 Å². The van der Waals surface area contributed by atoms with Crippen LogP contribution in [0.2, 0.25) is 0 Å². The Morgan fingerprint density at radius 1 is 0.935 bits per heavy atom. The number of ketones is 1. The number of fused-ring (bicyclic) bond motifs is 5. The zero-order valence-corrected chi connectivity index (χ0v) is 18.2. The molecule has 3 fully saturated rings. The Kier molecular flexibility index (Phi) is 5.01. The predicted octanol–water partition coefficient (Wildman–Crippen LogP) is 4.02. The molecule has 5 rings (SSSR count). The number of carbonyl (C=O) groups is 4. The summed E-state index contributed by atoms with van der Waals surface area (Å²) in [7, 11) is 0. The first-order valence-corrected chi connectivity index (χ1v) is 11.2. The first-order chi connectivity index (χ1) is 14.9. The molecule has 2 aromatic carbocycles. The van der Waals surface area contributed by atoms with Crippen molar-refractivity contribution < 1.29 is 23.9 Å². The lowest BCUT2D eigenvalue weighted by Crippen LogP contribution is -2.32. The van der Waals surface area contributed by atoms with E-state index in [0.717, 1.165) is 23.7 Å². The highest BCUT2D eigenvalue weighted by molar-refractivity contribution is 9.10. The van der Waals surface area contributed by atoms with Crippen LogP contribution in [0.15, 0.2) is 53.0 Å². The summed E-state index contributed by atoms with van der Waals surface area (Å²) in [5.41, 5.74) is 1.03. The van der Waals surface area contributed by atoms with Crippen LogP contribution in [-0.2, 0) is 14.3 Å². The van der Waals surface area contributed by atoms with Crippen molar-refractivity contribution in [1.82, 2.24) is 0 Å². The molecule has 7 heteroatoms. The van der Waals surface area contributed by atoms with Crippen molar-refractivity contribution in [3.63, 3.8) is 0 Å². The number of esters is 1. The van der Waals surface area contributed by atoms with Crippen LogP contribution in [0.5, 0.6) is 0 Å². The summed E-state index contributed by atoms with van der Waals surface area (Å²) in [6.45, 7) is -0.389. The largest absolute Gasteiger partial charge is 0.454 e. The second-order valence-corrected chi connectivity index (χ2v) is 9.37. The van der Waals surface area contributed by atoms with E-state index in [1.807, 2.05) is 0 Å². The molecule has 2 aromatic rings. The lowest BCUT2D eigenvalue weighted by atomic mass is 9.81. The summed E-state index contributed by atoms with van der Waals surface area (Å²) >= 11 is 3.31. The van der Waals surface area contributed by atoms with Gasteiger partial charge in [0.2, 0.25) is 11.8 Å². The summed E-state index contributed by atoms with van der Waals surface area (Å²) in [5, 5.41) is 0. The number of amides is 2. The van der Waals surface area contributed by atoms with E-state index in [4.69, 9.17) is 4.74 Å². The average molecular weight is 482 g/mol. The highest BCUT2D eigenvalue weighted by Gasteiger charge is 2.61. The highest BCUT2D eigenvalue weighted by Crippen LogP contribution is 2.56. The maximum absolute atomic E-state index is 13.0. The third-order valence-electron chi connectivity index (χ3n) is 6.77. The van der Waals surface area contributed by atoms with Gasteiger partial charge >= 0.3 is 5.97 Å². The molecule has 0 N–H and O–H groups in total. The summed E-state index contributed by atoms with van der Waals surface area (Å²) < 4.78 is 6.02. The second kappa shape index (κ2) is 7.71. The van der Waals surface area contributed by atoms with Crippen molar-refractivity contribution in [2.24, 2.45) is 23.7 Å². The molecule has 1 aliphatic heterocycles. The second-order valence-electron chi connectivity index (χ2n) is 8.45. The topological polar surface area (TPSA) is 80.8 Å². The zero-order valence-electron chi connectivity index (χ0n) is 16.6. The van der Waals surface area contributed by atoms with Crippen molar-refractivity contribution in [1.29, 1.82) is 0 Å². The van der Waals surface area contributed by atoms with Crippen molar-refractivity contribution in [2.75, 3.05) is 11.5 Å². The zero-order chi connectivity index (χ0) is 21.7. The van der Waals surface area contributed by atoms with Gasteiger partial charge in [-0.25, -0.2) is 4.79 Å².